The van der Waals surface area contributed by atoms with Crippen LogP contribution in [0.3, 0.4) is 0 Å². The number of hydrogen-bond acceptors (Lipinski definition) is 9. The number of carbonyl (C=O) groups is 4. The number of carbonyl (C=O) groups excluding carboxylic acids is 3. The highest BCUT2D eigenvalue weighted by Crippen LogP contribution is 2.68. The summed E-state index contributed by atoms with van der Waals surface area (Å²) in [5.41, 5.74) is 1.55. The van der Waals surface area contributed by atoms with E-state index in [-0.39, 0.29) is 71.1 Å². The second kappa shape index (κ2) is 11.1. The van der Waals surface area contributed by atoms with Gasteiger partial charge in [0.05, 0.1) is 30.4 Å². The molecular weight excluding hydrogens is 606 g/mol. The first-order valence-corrected chi connectivity index (χ1v) is 16.1. The third-order valence-electron chi connectivity index (χ3n) is 9.33. The van der Waals surface area contributed by atoms with Crippen molar-refractivity contribution in [3.05, 3.63) is 68.6 Å². The van der Waals surface area contributed by atoms with Crippen molar-refractivity contribution in [2.24, 2.45) is 29.6 Å². The molecule has 0 spiro atoms. The van der Waals surface area contributed by atoms with Crippen LogP contribution in [0.2, 0.25) is 0 Å². The SMILES string of the molecule is COc1cc([C@H]2c3sc(=O)[nH]c3SC3C4CC(C5C(=O)N(CCC(=O)O)C(=O)C45)C32)ccc1OCC(=O)Nc1ccccc1. The quantitative estimate of drug-likeness (QED) is 0.300. The van der Waals surface area contributed by atoms with Crippen molar-refractivity contribution in [2.45, 2.75) is 29.0 Å². The van der Waals surface area contributed by atoms with E-state index in [1.165, 1.54) is 7.11 Å². The molecule has 0 radical (unpaired) electrons. The van der Waals surface area contributed by atoms with Crippen molar-refractivity contribution in [2.75, 3.05) is 25.6 Å². The Labute approximate surface area is 259 Å². The van der Waals surface area contributed by atoms with Crippen molar-refractivity contribution in [3.8, 4) is 11.5 Å². The molecule has 4 aliphatic rings. The third-order valence-corrected chi connectivity index (χ3v) is 11.9. The lowest BCUT2D eigenvalue weighted by molar-refractivity contribution is -0.142. The number of aromatic amines is 1. The molecule has 2 aliphatic heterocycles. The first kappa shape index (κ1) is 28.7. The van der Waals surface area contributed by atoms with Gasteiger partial charge in [-0.1, -0.05) is 35.6 Å². The van der Waals surface area contributed by atoms with Crippen LogP contribution in [0, 0.1) is 29.6 Å². The number of carboxylic acids is 1. The highest BCUT2D eigenvalue weighted by atomic mass is 32.2. The Bertz CT molecular complexity index is 1720. The van der Waals surface area contributed by atoms with E-state index in [0.717, 1.165) is 38.1 Å². The van der Waals surface area contributed by atoms with Gasteiger partial charge in [-0.25, -0.2) is 0 Å². The molecule has 3 fully saturated rings. The van der Waals surface area contributed by atoms with E-state index in [9.17, 15) is 24.0 Å². The number of rotatable bonds is 9. The molecular formula is C31H29N3O8S2. The predicted octanol–water partition coefficient (Wildman–Crippen LogP) is 3.41. The maximum absolute atomic E-state index is 13.5. The average molecular weight is 636 g/mol. The largest absolute Gasteiger partial charge is 0.493 e. The number of hydrogen-bond donors (Lipinski definition) is 3. The molecule has 2 aromatic carbocycles. The number of para-hydroxylation sites is 1. The van der Waals surface area contributed by atoms with Crippen LogP contribution >= 0.6 is 23.1 Å². The Morgan fingerprint density at radius 3 is 2.52 bits per heavy atom. The van der Waals surface area contributed by atoms with Gasteiger partial charge in [-0.2, -0.15) is 0 Å². The van der Waals surface area contributed by atoms with Crippen LogP contribution in [0.5, 0.6) is 11.5 Å². The number of ether oxygens (including phenoxy) is 2. The number of H-pyrrole nitrogens is 1. The second-order valence-electron chi connectivity index (χ2n) is 11.5. The van der Waals surface area contributed by atoms with E-state index in [2.05, 4.69) is 10.3 Å². The average Bonchev–Trinajstić information content (AvgIpc) is 3.74. The van der Waals surface area contributed by atoms with Gasteiger partial charge in [-0.05, 0) is 54.0 Å². The summed E-state index contributed by atoms with van der Waals surface area (Å²) in [6.07, 6.45) is 0.448. The number of thioether (sulfide) groups is 1. The topological polar surface area (TPSA) is 155 Å². The number of nitrogens with one attached hydrogen (secondary N) is 2. The van der Waals surface area contributed by atoms with Crippen LogP contribution in [-0.2, 0) is 19.2 Å². The Hall–Kier alpha value is -4.10. The van der Waals surface area contributed by atoms with Crippen molar-refractivity contribution >= 4 is 52.5 Å². The van der Waals surface area contributed by atoms with Crippen LogP contribution in [-0.4, -0.2) is 64.2 Å². The predicted molar refractivity (Wildman–Crippen MR) is 161 cm³/mol. The number of aliphatic carboxylic acids is 1. The summed E-state index contributed by atoms with van der Waals surface area (Å²) in [7, 11) is 1.52. The fourth-order valence-corrected chi connectivity index (χ4v) is 10.6. The zero-order valence-electron chi connectivity index (χ0n) is 23.6. The fourth-order valence-electron chi connectivity index (χ4n) is 7.74. The van der Waals surface area contributed by atoms with E-state index < -0.39 is 17.8 Å². The Morgan fingerprint density at radius 1 is 1.05 bits per heavy atom. The molecule has 3 aromatic rings. The van der Waals surface area contributed by atoms with Gasteiger partial charge in [-0.15, -0.1) is 11.8 Å². The van der Waals surface area contributed by atoms with Gasteiger partial charge < -0.3 is 24.9 Å². The number of aromatic nitrogens is 1. The molecule has 13 heteroatoms. The summed E-state index contributed by atoms with van der Waals surface area (Å²) in [6, 6.07) is 14.6. The van der Waals surface area contributed by atoms with Gasteiger partial charge in [0.15, 0.2) is 18.1 Å². The van der Waals surface area contributed by atoms with Gasteiger partial charge in [0.2, 0.25) is 11.8 Å². The van der Waals surface area contributed by atoms with E-state index in [0.29, 0.717) is 17.2 Å². The van der Waals surface area contributed by atoms with Crippen molar-refractivity contribution in [1.29, 1.82) is 0 Å². The summed E-state index contributed by atoms with van der Waals surface area (Å²) >= 11 is 2.74. The summed E-state index contributed by atoms with van der Waals surface area (Å²) in [6.45, 7) is -0.339. The maximum Gasteiger partial charge on any atom is 0.305 e. The number of anilines is 1. The molecule has 3 amide bonds. The number of fused-ring (bicyclic) bond motifs is 9. The van der Waals surface area contributed by atoms with E-state index >= 15 is 0 Å². The number of methoxy groups -OCH3 is 1. The molecule has 6 unspecified atom stereocenters. The number of likely N-dealkylation sites (tertiary alicyclic amines) is 1. The number of benzene rings is 2. The van der Waals surface area contributed by atoms with Gasteiger partial charge in [0.25, 0.3) is 5.91 Å². The summed E-state index contributed by atoms with van der Waals surface area (Å²) in [5.74, 6) is -2.44. The molecule has 228 valence electrons. The maximum atomic E-state index is 13.5. The summed E-state index contributed by atoms with van der Waals surface area (Å²) in [5, 5.41) is 12.7. The van der Waals surface area contributed by atoms with E-state index in [1.807, 2.05) is 30.3 Å². The first-order valence-electron chi connectivity index (χ1n) is 14.4. The number of thiazole rings is 1. The Morgan fingerprint density at radius 2 is 1.80 bits per heavy atom. The second-order valence-corrected chi connectivity index (χ2v) is 13.7. The highest BCUT2D eigenvalue weighted by Gasteiger charge is 2.69. The van der Waals surface area contributed by atoms with Crippen molar-refractivity contribution in [3.63, 3.8) is 0 Å². The van der Waals surface area contributed by atoms with Crippen LogP contribution in [0.1, 0.15) is 29.2 Å². The third kappa shape index (κ3) is 4.69. The van der Waals surface area contributed by atoms with Crippen LogP contribution < -0.4 is 19.7 Å². The number of carboxylic acid groups (broad SMARTS) is 1. The number of imide groups is 1. The van der Waals surface area contributed by atoms with Crippen LogP contribution in [0.4, 0.5) is 5.69 Å². The monoisotopic (exact) mass is 635 g/mol. The van der Waals surface area contributed by atoms with Gasteiger partial charge in [0.1, 0.15) is 0 Å². The fraction of sp³-hybridized carbons (Fsp3) is 0.387. The number of nitrogens with zero attached hydrogens (tertiary/aromatic N) is 1. The minimum absolute atomic E-state index is 0.00350. The number of amides is 3. The molecule has 2 bridgehead atoms. The van der Waals surface area contributed by atoms with Gasteiger partial charge >= 0.3 is 10.8 Å². The minimum atomic E-state index is -1.05. The molecule has 2 aliphatic carbocycles. The highest BCUT2D eigenvalue weighted by molar-refractivity contribution is 8.00. The van der Waals surface area contributed by atoms with Crippen LogP contribution in [0.15, 0.2) is 58.4 Å². The van der Waals surface area contributed by atoms with Crippen LogP contribution in [0.25, 0.3) is 0 Å². The lowest BCUT2D eigenvalue weighted by Crippen LogP contribution is -2.42. The summed E-state index contributed by atoms with van der Waals surface area (Å²) in [4.78, 5) is 68.0. The zero-order chi connectivity index (χ0) is 30.7. The molecule has 1 saturated heterocycles. The smallest absolute Gasteiger partial charge is 0.305 e. The molecule has 1 aromatic heterocycles. The molecule has 11 nitrogen and oxygen atoms in total. The van der Waals surface area contributed by atoms with E-state index in [4.69, 9.17) is 14.6 Å². The Kier molecular flexibility index (Phi) is 7.24. The standard InChI is InChI=1S/C31H29N3O8S2/c1-41-19-11-14(7-8-18(19)42-13-20(35)32-15-5-3-2-4-6-15)22-23-16-12-17(26(23)43-28-27(22)44-31(40)33-28)25-24(16)29(38)34(30(25)39)10-9-21(36)37/h2-8,11,16-17,22-26H,9-10,12-13H2,1H3,(H,32,35)(H,33,40)(H,36,37)/t16?,17?,22-,23?,24?,25?,26?/m1/s1. The van der Waals surface area contributed by atoms with Crippen molar-refractivity contribution in [1.82, 2.24) is 9.88 Å². The van der Waals surface area contributed by atoms with Gasteiger partial charge in [-0.3, -0.25) is 28.9 Å². The minimum Gasteiger partial charge on any atom is -0.493 e. The normalized spacial score (nSPS) is 27.9. The molecule has 3 heterocycles. The lowest BCUT2D eigenvalue weighted by atomic mass is 9.68. The first-order chi connectivity index (χ1) is 21.2. The molecule has 3 N–H and O–H groups in total. The Balaban J connectivity index is 1.17. The van der Waals surface area contributed by atoms with Gasteiger partial charge in [0, 0.05) is 28.3 Å². The van der Waals surface area contributed by atoms with E-state index in [1.54, 1.807) is 30.0 Å². The zero-order valence-corrected chi connectivity index (χ0v) is 25.2. The summed E-state index contributed by atoms with van der Waals surface area (Å²) < 4.78 is 11.5. The lowest BCUT2D eigenvalue weighted by Gasteiger charge is -2.43. The molecule has 7 rings (SSSR count). The molecule has 7 atom stereocenters. The molecule has 2 saturated carbocycles. The van der Waals surface area contributed by atoms with Crippen molar-refractivity contribution < 1.29 is 33.8 Å². The molecule has 44 heavy (non-hydrogen) atoms.